The number of allylic oxidation sites excluding steroid dienone is 2. The highest BCUT2D eigenvalue weighted by Crippen LogP contribution is 2.43. The molecular formula is C19H25NOS. The number of carbonyl (C=O) groups excluding carboxylic acids is 1. The van der Waals surface area contributed by atoms with Gasteiger partial charge >= 0.3 is 0 Å². The van der Waals surface area contributed by atoms with Gasteiger partial charge in [-0.15, -0.1) is 11.8 Å². The molecule has 0 unspecified atom stereocenters. The van der Waals surface area contributed by atoms with Crippen molar-refractivity contribution in [1.82, 2.24) is 5.32 Å². The van der Waals surface area contributed by atoms with E-state index in [1.807, 2.05) is 11.8 Å². The number of benzene rings is 1. The van der Waals surface area contributed by atoms with Crippen molar-refractivity contribution in [1.29, 1.82) is 0 Å². The number of fused-ring (bicyclic) bond motifs is 2. The van der Waals surface area contributed by atoms with Crippen LogP contribution in [0.25, 0.3) is 0 Å². The average molecular weight is 315 g/mol. The van der Waals surface area contributed by atoms with Gasteiger partial charge in [-0.3, -0.25) is 4.79 Å². The van der Waals surface area contributed by atoms with Crippen LogP contribution in [-0.4, -0.2) is 11.2 Å². The van der Waals surface area contributed by atoms with E-state index in [0.29, 0.717) is 17.1 Å². The fraction of sp³-hybridized carbons (Fsp3) is 0.526. The Morgan fingerprint density at radius 1 is 1.14 bits per heavy atom. The maximum Gasteiger partial charge on any atom is 0.224 e. The summed E-state index contributed by atoms with van der Waals surface area (Å²) in [7, 11) is 0. The van der Waals surface area contributed by atoms with Crippen molar-refractivity contribution in [2.24, 2.45) is 17.8 Å². The highest BCUT2D eigenvalue weighted by molar-refractivity contribution is 7.99. The topological polar surface area (TPSA) is 29.1 Å². The maximum atomic E-state index is 12.5. The molecule has 22 heavy (non-hydrogen) atoms. The Labute approximate surface area is 137 Å². The number of rotatable bonds is 5. The molecule has 1 fully saturated rings. The largest absolute Gasteiger partial charge is 0.349 e. The van der Waals surface area contributed by atoms with Crippen molar-refractivity contribution < 1.29 is 4.79 Å². The lowest BCUT2D eigenvalue weighted by atomic mass is 9.92. The molecule has 4 atom stereocenters. The van der Waals surface area contributed by atoms with Crippen molar-refractivity contribution in [2.45, 2.75) is 49.8 Å². The molecule has 1 aromatic rings. The van der Waals surface area contributed by atoms with Crippen molar-refractivity contribution in [3.8, 4) is 0 Å². The molecule has 1 saturated carbocycles. The van der Waals surface area contributed by atoms with Crippen LogP contribution in [0, 0.1) is 17.8 Å². The summed E-state index contributed by atoms with van der Waals surface area (Å²) < 4.78 is 0. The number of hydrogen-bond acceptors (Lipinski definition) is 2. The van der Waals surface area contributed by atoms with Crippen LogP contribution in [0.5, 0.6) is 0 Å². The number of thioether (sulfide) groups is 1. The van der Waals surface area contributed by atoms with Gasteiger partial charge in [0.05, 0.1) is 6.04 Å². The zero-order valence-corrected chi connectivity index (χ0v) is 14.4. The zero-order chi connectivity index (χ0) is 15.7. The Bertz CT molecular complexity index is 563. The van der Waals surface area contributed by atoms with Gasteiger partial charge in [0.15, 0.2) is 0 Å². The van der Waals surface area contributed by atoms with Crippen LogP contribution < -0.4 is 5.32 Å². The summed E-state index contributed by atoms with van der Waals surface area (Å²) >= 11 is 1.87. The molecule has 0 spiro atoms. The molecule has 1 amide bonds. The van der Waals surface area contributed by atoms with Crippen LogP contribution in [0.1, 0.15) is 45.2 Å². The Morgan fingerprint density at radius 3 is 2.41 bits per heavy atom. The molecule has 0 saturated heterocycles. The Balaban J connectivity index is 1.58. The molecular weight excluding hydrogens is 290 g/mol. The quantitative estimate of drug-likeness (QED) is 0.636. The third kappa shape index (κ3) is 3.40. The van der Waals surface area contributed by atoms with Crippen molar-refractivity contribution in [3.05, 3.63) is 42.0 Å². The average Bonchev–Trinajstić information content (AvgIpc) is 3.10. The molecule has 0 aromatic heterocycles. The van der Waals surface area contributed by atoms with E-state index in [9.17, 15) is 4.79 Å². The molecule has 3 heteroatoms. The second-order valence-electron chi connectivity index (χ2n) is 6.85. The van der Waals surface area contributed by atoms with Crippen LogP contribution in [0.2, 0.25) is 0 Å². The van der Waals surface area contributed by atoms with Gasteiger partial charge in [-0.05, 0) is 49.3 Å². The number of carbonyl (C=O) groups is 1. The highest BCUT2D eigenvalue weighted by Gasteiger charge is 2.39. The molecule has 1 aromatic carbocycles. The highest BCUT2D eigenvalue weighted by atomic mass is 32.2. The molecule has 3 rings (SSSR count). The smallest absolute Gasteiger partial charge is 0.224 e. The first-order chi connectivity index (χ1) is 10.5. The SMILES string of the molecule is CC(C)Sc1ccc([C@H](C)NC(=O)[C@H]2C[C@H]3C=C[C@H]2C3)cc1. The van der Waals surface area contributed by atoms with Gasteiger partial charge in [0.25, 0.3) is 0 Å². The van der Waals surface area contributed by atoms with E-state index in [1.165, 1.54) is 16.9 Å². The van der Waals surface area contributed by atoms with Gasteiger partial charge in [0, 0.05) is 16.1 Å². The first-order valence-electron chi connectivity index (χ1n) is 8.28. The van der Waals surface area contributed by atoms with E-state index in [4.69, 9.17) is 0 Å². The van der Waals surface area contributed by atoms with Crippen molar-refractivity contribution in [2.75, 3.05) is 0 Å². The van der Waals surface area contributed by atoms with Gasteiger partial charge < -0.3 is 5.32 Å². The van der Waals surface area contributed by atoms with Gasteiger partial charge in [-0.1, -0.05) is 38.1 Å². The lowest BCUT2D eigenvalue weighted by molar-refractivity contribution is -0.126. The fourth-order valence-electron chi connectivity index (χ4n) is 3.59. The zero-order valence-electron chi connectivity index (χ0n) is 13.6. The summed E-state index contributed by atoms with van der Waals surface area (Å²) in [5, 5.41) is 3.80. The van der Waals surface area contributed by atoms with E-state index in [1.54, 1.807) is 0 Å². The molecule has 118 valence electrons. The normalized spacial score (nSPS) is 27.4. The maximum absolute atomic E-state index is 12.5. The van der Waals surface area contributed by atoms with Gasteiger partial charge in [0.1, 0.15) is 0 Å². The monoisotopic (exact) mass is 315 g/mol. The van der Waals surface area contributed by atoms with Crippen LogP contribution in [0.4, 0.5) is 0 Å². The minimum Gasteiger partial charge on any atom is -0.349 e. The predicted octanol–water partition coefficient (Wildman–Crippen LogP) is 4.58. The third-order valence-corrected chi connectivity index (χ3v) is 5.74. The Kier molecular flexibility index (Phi) is 4.62. The standard InChI is InChI=1S/C19H25NOS/c1-12(2)22-17-8-6-15(7-9-17)13(3)20-19(21)18-11-14-4-5-16(18)10-14/h4-9,12-14,16,18H,10-11H2,1-3H3,(H,20,21)/t13-,14-,16-,18-/m0/s1. The van der Waals surface area contributed by atoms with Gasteiger partial charge in [-0.25, -0.2) is 0 Å². The summed E-state index contributed by atoms with van der Waals surface area (Å²) in [5.41, 5.74) is 1.18. The third-order valence-electron chi connectivity index (χ3n) is 4.73. The van der Waals surface area contributed by atoms with E-state index in [2.05, 4.69) is 62.5 Å². The summed E-state index contributed by atoms with van der Waals surface area (Å²) in [6.07, 6.45) is 6.72. The van der Waals surface area contributed by atoms with Crippen molar-refractivity contribution in [3.63, 3.8) is 0 Å². The molecule has 0 radical (unpaired) electrons. The fourth-order valence-corrected chi connectivity index (χ4v) is 4.43. The van der Waals surface area contributed by atoms with Crippen LogP contribution in [0.3, 0.4) is 0 Å². The predicted molar refractivity (Wildman–Crippen MR) is 92.8 cm³/mol. The molecule has 2 aliphatic carbocycles. The lowest BCUT2D eigenvalue weighted by Crippen LogP contribution is -2.34. The Morgan fingerprint density at radius 2 is 1.86 bits per heavy atom. The molecule has 0 aliphatic heterocycles. The van der Waals surface area contributed by atoms with Crippen LogP contribution in [0.15, 0.2) is 41.3 Å². The van der Waals surface area contributed by atoms with Crippen LogP contribution >= 0.6 is 11.8 Å². The summed E-state index contributed by atoms with van der Waals surface area (Å²) in [5.74, 6) is 1.53. The summed E-state index contributed by atoms with van der Waals surface area (Å²) in [6.45, 7) is 6.47. The first kappa shape index (κ1) is 15.7. The molecule has 2 nitrogen and oxygen atoms in total. The molecule has 1 N–H and O–H groups in total. The molecule has 2 bridgehead atoms. The van der Waals surface area contributed by atoms with E-state index in [0.717, 1.165) is 6.42 Å². The number of nitrogens with one attached hydrogen (secondary N) is 1. The number of hydrogen-bond donors (Lipinski definition) is 1. The number of amides is 1. The van der Waals surface area contributed by atoms with E-state index < -0.39 is 0 Å². The molecule has 0 heterocycles. The second-order valence-corrected chi connectivity index (χ2v) is 8.50. The van der Waals surface area contributed by atoms with Gasteiger partial charge in [0.2, 0.25) is 5.91 Å². The lowest BCUT2D eigenvalue weighted by Gasteiger charge is -2.21. The minimum atomic E-state index is 0.0775. The van der Waals surface area contributed by atoms with Crippen molar-refractivity contribution >= 4 is 17.7 Å². The summed E-state index contributed by atoms with van der Waals surface area (Å²) in [4.78, 5) is 13.8. The van der Waals surface area contributed by atoms with Crippen LogP contribution in [-0.2, 0) is 4.79 Å². The Hall–Kier alpha value is -1.22. The summed E-state index contributed by atoms with van der Waals surface area (Å²) in [6, 6.07) is 8.66. The van der Waals surface area contributed by atoms with E-state index in [-0.39, 0.29) is 17.9 Å². The van der Waals surface area contributed by atoms with Gasteiger partial charge in [-0.2, -0.15) is 0 Å². The second kappa shape index (κ2) is 6.49. The first-order valence-corrected chi connectivity index (χ1v) is 9.16. The minimum absolute atomic E-state index is 0.0775. The van der Waals surface area contributed by atoms with E-state index >= 15 is 0 Å². The molecule has 2 aliphatic rings.